The van der Waals surface area contributed by atoms with Gasteiger partial charge in [-0.15, -0.1) is 0 Å². The maximum absolute atomic E-state index is 11.0. The van der Waals surface area contributed by atoms with Gasteiger partial charge >= 0.3 is 0 Å². The lowest BCUT2D eigenvalue weighted by Gasteiger charge is -2.25. The third-order valence-electron chi connectivity index (χ3n) is 2.53. The fraction of sp³-hybridized carbons (Fsp3) is 0.700. The molecule has 0 aromatic carbocycles. The van der Waals surface area contributed by atoms with Gasteiger partial charge in [-0.2, -0.15) is 4.98 Å². The SMILES string of the molecule is CC(=O)c1noc(CCN2CCOCC2)n1. The first-order valence-electron chi connectivity index (χ1n) is 5.39. The Labute approximate surface area is 93.6 Å². The van der Waals surface area contributed by atoms with Gasteiger partial charge in [-0.3, -0.25) is 9.69 Å². The number of carbonyl (C=O) groups is 1. The van der Waals surface area contributed by atoms with E-state index in [0.717, 1.165) is 32.8 Å². The van der Waals surface area contributed by atoms with E-state index in [9.17, 15) is 4.79 Å². The average molecular weight is 225 g/mol. The molecule has 6 heteroatoms. The molecule has 1 saturated heterocycles. The van der Waals surface area contributed by atoms with Crippen LogP contribution in [-0.4, -0.2) is 53.7 Å². The first-order valence-corrected chi connectivity index (χ1v) is 5.39. The van der Waals surface area contributed by atoms with Crippen molar-refractivity contribution >= 4 is 5.78 Å². The molecule has 6 nitrogen and oxygen atoms in total. The Balaban J connectivity index is 1.81. The van der Waals surface area contributed by atoms with Crippen LogP contribution in [0.2, 0.25) is 0 Å². The van der Waals surface area contributed by atoms with Crippen molar-refractivity contribution in [2.75, 3.05) is 32.8 Å². The highest BCUT2D eigenvalue weighted by atomic mass is 16.5. The van der Waals surface area contributed by atoms with E-state index in [1.807, 2.05) is 0 Å². The van der Waals surface area contributed by atoms with E-state index in [0.29, 0.717) is 12.3 Å². The highest BCUT2D eigenvalue weighted by molar-refractivity contribution is 5.89. The quantitative estimate of drug-likeness (QED) is 0.679. The minimum atomic E-state index is -0.165. The standard InChI is InChI=1S/C10H15N3O3/c1-8(14)10-11-9(16-12-10)2-3-13-4-6-15-7-5-13/h2-7H2,1H3. The Kier molecular flexibility index (Phi) is 3.63. The van der Waals surface area contributed by atoms with E-state index in [4.69, 9.17) is 9.26 Å². The molecule has 1 aliphatic rings. The molecule has 0 amide bonds. The van der Waals surface area contributed by atoms with Gasteiger partial charge in [0.15, 0.2) is 0 Å². The number of hydrogen-bond acceptors (Lipinski definition) is 6. The normalized spacial score (nSPS) is 17.6. The van der Waals surface area contributed by atoms with Gasteiger partial charge in [0.1, 0.15) is 0 Å². The third kappa shape index (κ3) is 2.86. The van der Waals surface area contributed by atoms with E-state index in [1.165, 1.54) is 6.92 Å². The van der Waals surface area contributed by atoms with Crippen LogP contribution in [0.15, 0.2) is 4.52 Å². The van der Waals surface area contributed by atoms with Crippen molar-refractivity contribution in [3.05, 3.63) is 11.7 Å². The lowest BCUT2D eigenvalue weighted by molar-refractivity contribution is 0.0375. The van der Waals surface area contributed by atoms with Crippen molar-refractivity contribution in [1.29, 1.82) is 0 Å². The molecule has 1 aromatic heterocycles. The third-order valence-corrected chi connectivity index (χ3v) is 2.53. The molecule has 88 valence electrons. The molecule has 16 heavy (non-hydrogen) atoms. The van der Waals surface area contributed by atoms with Crippen molar-refractivity contribution < 1.29 is 14.1 Å². The first-order chi connectivity index (χ1) is 7.75. The number of ether oxygens (including phenoxy) is 1. The van der Waals surface area contributed by atoms with Gasteiger partial charge < -0.3 is 9.26 Å². The van der Waals surface area contributed by atoms with E-state index in [2.05, 4.69) is 15.0 Å². The summed E-state index contributed by atoms with van der Waals surface area (Å²) in [4.78, 5) is 17.2. The molecule has 2 rings (SSSR count). The second kappa shape index (κ2) is 5.18. The number of morpholine rings is 1. The minimum Gasteiger partial charge on any atom is -0.379 e. The van der Waals surface area contributed by atoms with Gasteiger partial charge in [-0.25, -0.2) is 0 Å². The van der Waals surface area contributed by atoms with Gasteiger partial charge in [0, 0.05) is 33.0 Å². The van der Waals surface area contributed by atoms with Gasteiger partial charge in [-0.05, 0) is 0 Å². The molecule has 1 aromatic rings. The van der Waals surface area contributed by atoms with Crippen LogP contribution < -0.4 is 0 Å². The first kappa shape index (κ1) is 11.2. The van der Waals surface area contributed by atoms with Gasteiger partial charge in [0.2, 0.25) is 17.5 Å². The monoisotopic (exact) mass is 225 g/mol. The lowest BCUT2D eigenvalue weighted by Crippen LogP contribution is -2.37. The molecule has 0 spiro atoms. The second-order valence-electron chi connectivity index (χ2n) is 3.77. The summed E-state index contributed by atoms with van der Waals surface area (Å²) in [5.41, 5.74) is 0. The number of nitrogens with zero attached hydrogens (tertiary/aromatic N) is 3. The summed E-state index contributed by atoms with van der Waals surface area (Å²) < 4.78 is 10.2. The zero-order valence-corrected chi connectivity index (χ0v) is 9.31. The number of rotatable bonds is 4. The zero-order chi connectivity index (χ0) is 11.4. The number of Topliss-reactive ketones (excluding diaryl/α,β-unsaturated/α-hetero) is 1. The van der Waals surface area contributed by atoms with Crippen LogP contribution in [0.5, 0.6) is 0 Å². The molecule has 0 N–H and O–H groups in total. The Hall–Kier alpha value is -1.27. The van der Waals surface area contributed by atoms with Crippen LogP contribution in [0.1, 0.15) is 23.4 Å². The van der Waals surface area contributed by atoms with Gasteiger partial charge in [0.05, 0.1) is 13.2 Å². The van der Waals surface area contributed by atoms with E-state index >= 15 is 0 Å². The van der Waals surface area contributed by atoms with Gasteiger partial charge in [-0.1, -0.05) is 5.16 Å². The Morgan fingerprint density at radius 1 is 1.44 bits per heavy atom. The Bertz CT molecular complexity index is 358. The van der Waals surface area contributed by atoms with Crippen LogP contribution in [0, 0.1) is 0 Å². The van der Waals surface area contributed by atoms with Crippen molar-refractivity contribution in [3.8, 4) is 0 Å². The molecule has 0 unspecified atom stereocenters. The molecular weight excluding hydrogens is 210 g/mol. The van der Waals surface area contributed by atoms with Crippen LogP contribution in [0.25, 0.3) is 0 Å². The maximum atomic E-state index is 11.0. The minimum absolute atomic E-state index is 0.164. The largest absolute Gasteiger partial charge is 0.379 e. The smallest absolute Gasteiger partial charge is 0.238 e. The number of hydrogen-bond donors (Lipinski definition) is 0. The van der Waals surface area contributed by atoms with Crippen molar-refractivity contribution in [2.45, 2.75) is 13.3 Å². The molecule has 0 aliphatic carbocycles. The summed E-state index contributed by atoms with van der Waals surface area (Å²) in [6.07, 6.45) is 0.681. The molecule has 0 radical (unpaired) electrons. The topological polar surface area (TPSA) is 68.5 Å². The Morgan fingerprint density at radius 2 is 2.19 bits per heavy atom. The second-order valence-corrected chi connectivity index (χ2v) is 3.77. The molecule has 0 atom stereocenters. The predicted molar refractivity (Wildman–Crippen MR) is 55.3 cm³/mol. The van der Waals surface area contributed by atoms with Crippen molar-refractivity contribution in [3.63, 3.8) is 0 Å². The molecule has 2 heterocycles. The number of carbonyl (C=O) groups excluding carboxylic acids is 1. The zero-order valence-electron chi connectivity index (χ0n) is 9.31. The number of ketones is 1. The van der Waals surface area contributed by atoms with Crippen molar-refractivity contribution in [2.24, 2.45) is 0 Å². The van der Waals surface area contributed by atoms with Gasteiger partial charge in [0.25, 0.3) is 0 Å². The van der Waals surface area contributed by atoms with E-state index in [1.54, 1.807) is 0 Å². The van der Waals surface area contributed by atoms with Crippen LogP contribution >= 0.6 is 0 Å². The number of aromatic nitrogens is 2. The fourth-order valence-corrected chi connectivity index (χ4v) is 1.58. The van der Waals surface area contributed by atoms with Crippen LogP contribution in [0.3, 0.4) is 0 Å². The molecule has 1 fully saturated rings. The fourth-order valence-electron chi connectivity index (χ4n) is 1.58. The van der Waals surface area contributed by atoms with E-state index < -0.39 is 0 Å². The highest BCUT2D eigenvalue weighted by Gasteiger charge is 2.13. The Morgan fingerprint density at radius 3 is 2.81 bits per heavy atom. The van der Waals surface area contributed by atoms with Crippen LogP contribution in [-0.2, 0) is 11.2 Å². The van der Waals surface area contributed by atoms with Crippen molar-refractivity contribution in [1.82, 2.24) is 15.0 Å². The van der Waals surface area contributed by atoms with Crippen LogP contribution in [0.4, 0.5) is 0 Å². The molecule has 0 bridgehead atoms. The summed E-state index contributed by atoms with van der Waals surface area (Å²) in [6, 6.07) is 0. The summed E-state index contributed by atoms with van der Waals surface area (Å²) in [5, 5.41) is 3.60. The lowest BCUT2D eigenvalue weighted by atomic mass is 10.3. The predicted octanol–water partition coefficient (Wildman–Crippen LogP) is 0.147. The van der Waals surface area contributed by atoms with E-state index in [-0.39, 0.29) is 11.6 Å². The molecule has 1 aliphatic heterocycles. The summed E-state index contributed by atoms with van der Waals surface area (Å²) in [5.74, 6) is 0.523. The maximum Gasteiger partial charge on any atom is 0.238 e. The average Bonchev–Trinajstić information content (AvgIpc) is 2.76. The summed E-state index contributed by atoms with van der Waals surface area (Å²) in [6.45, 7) is 5.73. The summed E-state index contributed by atoms with van der Waals surface area (Å²) >= 11 is 0. The highest BCUT2D eigenvalue weighted by Crippen LogP contribution is 2.02. The summed E-state index contributed by atoms with van der Waals surface area (Å²) in [7, 11) is 0. The molecule has 0 saturated carbocycles. The molecular formula is C10H15N3O3.